The first-order chi connectivity index (χ1) is 9.70. The van der Waals surface area contributed by atoms with Gasteiger partial charge >= 0.3 is 0 Å². The molecular weight excluding hydrogens is 284 g/mol. The molecule has 4 heteroatoms. The van der Waals surface area contributed by atoms with Crippen LogP contribution in [0.1, 0.15) is 57.6 Å². The van der Waals surface area contributed by atoms with Gasteiger partial charge in [0.15, 0.2) is 0 Å². The lowest BCUT2D eigenvalue weighted by Crippen LogP contribution is -2.06. The molecule has 0 radical (unpaired) electrons. The summed E-state index contributed by atoms with van der Waals surface area (Å²) in [4.78, 5) is 0.0579. The number of benzene rings is 1. The molecule has 1 unspecified atom stereocenters. The van der Waals surface area contributed by atoms with E-state index in [0.29, 0.717) is 12.3 Å². The molecule has 3 nitrogen and oxygen atoms in total. The second kappa shape index (κ2) is 7.95. The third-order valence-electron chi connectivity index (χ3n) is 3.88. The van der Waals surface area contributed by atoms with Crippen LogP contribution in [0, 0.1) is 18.8 Å². The van der Waals surface area contributed by atoms with Gasteiger partial charge in [0.25, 0.3) is 10.1 Å². The first kappa shape index (κ1) is 18.2. The normalized spacial score (nSPS) is 13.6. The van der Waals surface area contributed by atoms with Gasteiger partial charge in [-0.1, -0.05) is 57.7 Å². The van der Waals surface area contributed by atoms with Crippen molar-refractivity contribution in [2.24, 2.45) is 11.8 Å². The molecule has 0 heterocycles. The molecule has 1 aromatic rings. The highest BCUT2D eigenvalue weighted by molar-refractivity contribution is 7.85. The number of aryl methyl sites for hydroxylation is 2. The third kappa shape index (κ3) is 6.62. The van der Waals surface area contributed by atoms with Crippen molar-refractivity contribution in [3.63, 3.8) is 0 Å². The van der Waals surface area contributed by atoms with Gasteiger partial charge in [-0.25, -0.2) is 0 Å². The van der Waals surface area contributed by atoms with Crippen LogP contribution in [-0.2, 0) is 16.5 Å². The van der Waals surface area contributed by atoms with E-state index in [9.17, 15) is 13.0 Å². The molecule has 1 atom stereocenters. The maximum Gasteiger partial charge on any atom is 0.294 e. The Hall–Kier alpha value is -0.870. The lowest BCUT2D eigenvalue weighted by molar-refractivity contribution is 0.435. The van der Waals surface area contributed by atoms with Crippen molar-refractivity contribution in [2.75, 3.05) is 0 Å². The molecule has 21 heavy (non-hydrogen) atoms. The highest BCUT2D eigenvalue weighted by Gasteiger charge is 2.16. The van der Waals surface area contributed by atoms with Crippen molar-refractivity contribution in [1.82, 2.24) is 0 Å². The minimum absolute atomic E-state index is 0.0579. The van der Waals surface area contributed by atoms with Gasteiger partial charge in [0.2, 0.25) is 0 Å². The predicted molar refractivity (Wildman–Crippen MR) is 87.2 cm³/mol. The SMILES string of the molecule is Cc1ccc(S(=O)(=O)O)c(CCC(C)CCCC(C)C)c1. The molecule has 1 aromatic carbocycles. The van der Waals surface area contributed by atoms with Crippen LogP contribution in [-0.4, -0.2) is 13.0 Å². The Kier molecular flexibility index (Phi) is 6.88. The van der Waals surface area contributed by atoms with Gasteiger partial charge in [-0.15, -0.1) is 0 Å². The van der Waals surface area contributed by atoms with Gasteiger partial charge in [0.1, 0.15) is 0 Å². The fourth-order valence-electron chi connectivity index (χ4n) is 2.58. The van der Waals surface area contributed by atoms with Crippen LogP contribution in [0.15, 0.2) is 23.1 Å². The zero-order valence-electron chi connectivity index (χ0n) is 13.6. The molecule has 1 rings (SSSR count). The van der Waals surface area contributed by atoms with E-state index < -0.39 is 10.1 Å². The van der Waals surface area contributed by atoms with Crippen LogP contribution in [0.3, 0.4) is 0 Å². The van der Waals surface area contributed by atoms with E-state index in [-0.39, 0.29) is 4.90 Å². The van der Waals surface area contributed by atoms with E-state index in [0.717, 1.165) is 23.5 Å². The molecule has 0 bridgehead atoms. The molecule has 0 aromatic heterocycles. The van der Waals surface area contributed by atoms with Gasteiger partial charge in [-0.05, 0) is 43.2 Å². The van der Waals surface area contributed by atoms with Crippen LogP contribution >= 0.6 is 0 Å². The summed E-state index contributed by atoms with van der Waals surface area (Å²) in [6.45, 7) is 8.61. The minimum Gasteiger partial charge on any atom is -0.282 e. The standard InChI is InChI=1S/C17H28O3S/c1-13(2)6-5-7-14(3)8-10-16-12-15(4)9-11-17(16)21(18,19)20/h9,11-14H,5-8,10H2,1-4H3,(H,18,19,20). The summed E-state index contributed by atoms with van der Waals surface area (Å²) in [5.41, 5.74) is 1.75. The molecule has 0 aliphatic rings. The van der Waals surface area contributed by atoms with Crippen molar-refractivity contribution in [1.29, 1.82) is 0 Å². The monoisotopic (exact) mass is 312 g/mol. The average Bonchev–Trinajstić information content (AvgIpc) is 2.34. The fraction of sp³-hybridized carbons (Fsp3) is 0.647. The molecule has 0 saturated heterocycles. The van der Waals surface area contributed by atoms with Gasteiger partial charge < -0.3 is 0 Å². The fourth-order valence-corrected chi connectivity index (χ4v) is 3.31. The zero-order chi connectivity index (χ0) is 16.0. The summed E-state index contributed by atoms with van der Waals surface area (Å²) in [6, 6.07) is 5.09. The molecule has 0 aliphatic heterocycles. The van der Waals surface area contributed by atoms with Gasteiger partial charge in [0, 0.05) is 0 Å². The smallest absolute Gasteiger partial charge is 0.282 e. The quantitative estimate of drug-likeness (QED) is 0.712. The Labute approximate surface area is 129 Å². The second-order valence-corrected chi connectivity index (χ2v) is 7.94. The Bertz CT molecular complexity index is 547. The maximum atomic E-state index is 11.4. The maximum absolute atomic E-state index is 11.4. The van der Waals surface area contributed by atoms with Crippen molar-refractivity contribution in [2.45, 2.75) is 64.7 Å². The van der Waals surface area contributed by atoms with Gasteiger partial charge in [-0.3, -0.25) is 4.55 Å². The van der Waals surface area contributed by atoms with Crippen molar-refractivity contribution in [3.05, 3.63) is 29.3 Å². The molecular formula is C17H28O3S. The molecule has 0 amide bonds. The summed E-state index contributed by atoms with van der Waals surface area (Å²) in [6.07, 6.45) is 5.28. The van der Waals surface area contributed by atoms with Crippen molar-refractivity contribution in [3.8, 4) is 0 Å². The van der Waals surface area contributed by atoms with Crippen molar-refractivity contribution < 1.29 is 13.0 Å². The van der Waals surface area contributed by atoms with Gasteiger partial charge in [-0.2, -0.15) is 8.42 Å². The number of hydrogen-bond acceptors (Lipinski definition) is 2. The number of rotatable bonds is 8. The lowest BCUT2D eigenvalue weighted by Gasteiger charge is -2.14. The van der Waals surface area contributed by atoms with E-state index in [4.69, 9.17) is 0 Å². The second-order valence-electron chi connectivity index (χ2n) is 6.55. The first-order valence-corrected chi connectivity index (χ1v) is 9.21. The highest BCUT2D eigenvalue weighted by Crippen LogP contribution is 2.22. The molecule has 120 valence electrons. The lowest BCUT2D eigenvalue weighted by atomic mass is 9.94. The summed E-state index contributed by atoms with van der Waals surface area (Å²) >= 11 is 0. The van der Waals surface area contributed by atoms with E-state index >= 15 is 0 Å². The number of hydrogen-bond donors (Lipinski definition) is 1. The van der Waals surface area contributed by atoms with Crippen LogP contribution in [0.25, 0.3) is 0 Å². The van der Waals surface area contributed by atoms with E-state index in [1.54, 1.807) is 6.07 Å². The van der Waals surface area contributed by atoms with Crippen LogP contribution in [0.5, 0.6) is 0 Å². The zero-order valence-corrected chi connectivity index (χ0v) is 14.4. The Balaban J connectivity index is 2.64. The molecule has 0 spiro atoms. The van der Waals surface area contributed by atoms with E-state index in [1.165, 1.54) is 25.3 Å². The summed E-state index contributed by atoms with van der Waals surface area (Å²) < 4.78 is 32.1. The van der Waals surface area contributed by atoms with Crippen LogP contribution in [0.4, 0.5) is 0 Å². The third-order valence-corrected chi connectivity index (χ3v) is 4.83. The Morgan fingerprint density at radius 3 is 2.33 bits per heavy atom. The molecule has 0 saturated carbocycles. The van der Waals surface area contributed by atoms with Crippen LogP contribution < -0.4 is 0 Å². The molecule has 0 aliphatic carbocycles. The summed E-state index contributed by atoms with van der Waals surface area (Å²) in [5.74, 6) is 1.30. The van der Waals surface area contributed by atoms with Crippen LogP contribution in [0.2, 0.25) is 0 Å². The highest BCUT2D eigenvalue weighted by atomic mass is 32.2. The van der Waals surface area contributed by atoms with Crippen molar-refractivity contribution >= 4 is 10.1 Å². The Morgan fingerprint density at radius 2 is 1.76 bits per heavy atom. The average molecular weight is 312 g/mol. The minimum atomic E-state index is -4.13. The topological polar surface area (TPSA) is 54.4 Å². The predicted octanol–water partition coefficient (Wildman–Crippen LogP) is 4.64. The Morgan fingerprint density at radius 1 is 1.10 bits per heavy atom. The molecule has 1 N–H and O–H groups in total. The summed E-state index contributed by atoms with van der Waals surface area (Å²) in [7, 11) is -4.13. The van der Waals surface area contributed by atoms with E-state index in [2.05, 4.69) is 20.8 Å². The van der Waals surface area contributed by atoms with Gasteiger partial charge in [0.05, 0.1) is 4.90 Å². The summed E-state index contributed by atoms with van der Waals surface area (Å²) in [5, 5.41) is 0. The molecule has 0 fully saturated rings. The largest absolute Gasteiger partial charge is 0.294 e. The van der Waals surface area contributed by atoms with E-state index in [1.807, 2.05) is 13.0 Å². The first-order valence-electron chi connectivity index (χ1n) is 7.77.